The molecule has 0 aliphatic heterocycles. The molecule has 2 N–H and O–H groups in total. The molecule has 0 saturated heterocycles. The van der Waals surface area contributed by atoms with E-state index < -0.39 is 0 Å². The van der Waals surface area contributed by atoms with E-state index in [1.54, 1.807) is 0 Å². The van der Waals surface area contributed by atoms with Crippen LogP contribution < -0.4 is 5.14 Å². The molecule has 0 fully saturated rings. The SMILES string of the molecule is CCCc1nc(C(C)C)ccc1SN. The molecule has 0 unspecified atom stereocenters. The third-order valence-corrected chi connectivity index (χ3v) is 2.78. The van der Waals surface area contributed by atoms with Crippen molar-refractivity contribution in [3.63, 3.8) is 0 Å². The lowest BCUT2D eigenvalue weighted by Gasteiger charge is -2.09. The minimum atomic E-state index is 0.488. The van der Waals surface area contributed by atoms with Gasteiger partial charge in [-0.3, -0.25) is 10.1 Å². The fraction of sp³-hybridized carbons (Fsp3) is 0.545. The van der Waals surface area contributed by atoms with Crippen molar-refractivity contribution in [3.05, 3.63) is 23.5 Å². The van der Waals surface area contributed by atoms with Crippen molar-refractivity contribution >= 4 is 11.9 Å². The Balaban J connectivity index is 3.01. The average Bonchev–Trinajstić information content (AvgIpc) is 2.18. The van der Waals surface area contributed by atoms with Gasteiger partial charge in [0.25, 0.3) is 0 Å². The van der Waals surface area contributed by atoms with Gasteiger partial charge >= 0.3 is 0 Å². The summed E-state index contributed by atoms with van der Waals surface area (Å²) in [7, 11) is 0. The molecule has 2 nitrogen and oxygen atoms in total. The zero-order chi connectivity index (χ0) is 10.6. The number of aromatic nitrogens is 1. The Labute approximate surface area is 90.4 Å². The minimum Gasteiger partial charge on any atom is -0.274 e. The maximum atomic E-state index is 5.58. The standard InChI is InChI=1S/C11H18N2S/c1-4-5-10-11(14-12)7-6-9(13-10)8(2)3/h6-8H,4-5,12H2,1-3H3. The normalized spacial score (nSPS) is 10.9. The second kappa shape index (κ2) is 5.37. The fourth-order valence-corrected chi connectivity index (χ4v) is 1.78. The van der Waals surface area contributed by atoms with Crippen LogP contribution >= 0.6 is 11.9 Å². The lowest BCUT2D eigenvalue weighted by atomic mass is 10.1. The Morgan fingerprint density at radius 3 is 2.64 bits per heavy atom. The molecule has 0 amide bonds. The zero-order valence-electron chi connectivity index (χ0n) is 9.08. The van der Waals surface area contributed by atoms with Gasteiger partial charge in [0.15, 0.2) is 0 Å². The van der Waals surface area contributed by atoms with Gasteiger partial charge in [-0.05, 0) is 36.4 Å². The zero-order valence-corrected chi connectivity index (χ0v) is 9.90. The van der Waals surface area contributed by atoms with E-state index in [4.69, 9.17) is 5.14 Å². The summed E-state index contributed by atoms with van der Waals surface area (Å²) in [5, 5.41) is 5.58. The topological polar surface area (TPSA) is 38.9 Å². The average molecular weight is 210 g/mol. The second-order valence-electron chi connectivity index (χ2n) is 3.70. The van der Waals surface area contributed by atoms with Gasteiger partial charge in [0, 0.05) is 10.6 Å². The number of hydrogen-bond donors (Lipinski definition) is 1. The van der Waals surface area contributed by atoms with Crippen LogP contribution in [0.25, 0.3) is 0 Å². The maximum absolute atomic E-state index is 5.58. The van der Waals surface area contributed by atoms with Crippen molar-refractivity contribution in [2.45, 2.75) is 44.4 Å². The first-order valence-corrected chi connectivity index (χ1v) is 5.93. The Morgan fingerprint density at radius 2 is 2.14 bits per heavy atom. The Kier molecular flexibility index (Phi) is 4.42. The molecule has 3 heteroatoms. The van der Waals surface area contributed by atoms with Crippen LogP contribution in [0.1, 0.15) is 44.5 Å². The van der Waals surface area contributed by atoms with E-state index in [-0.39, 0.29) is 0 Å². The summed E-state index contributed by atoms with van der Waals surface area (Å²) < 4.78 is 0. The molecule has 1 rings (SSSR count). The molecule has 1 aromatic heterocycles. The van der Waals surface area contributed by atoms with Crippen LogP contribution in [0.2, 0.25) is 0 Å². The van der Waals surface area contributed by atoms with E-state index in [0.717, 1.165) is 29.1 Å². The van der Waals surface area contributed by atoms with Crippen LogP contribution in [-0.2, 0) is 6.42 Å². The Hall–Kier alpha value is -0.540. The highest BCUT2D eigenvalue weighted by Crippen LogP contribution is 2.21. The monoisotopic (exact) mass is 210 g/mol. The summed E-state index contributed by atoms with van der Waals surface area (Å²) in [5.74, 6) is 0.488. The number of pyridine rings is 1. The highest BCUT2D eigenvalue weighted by molar-refractivity contribution is 7.97. The van der Waals surface area contributed by atoms with Crippen LogP contribution in [-0.4, -0.2) is 4.98 Å². The van der Waals surface area contributed by atoms with Crippen LogP contribution in [0.15, 0.2) is 17.0 Å². The second-order valence-corrected chi connectivity index (χ2v) is 4.38. The first-order valence-electron chi connectivity index (χ1n) is 5.05. The largest absolute Gasteiger partial charge is 0.274 e. The van der Waals surface area contributed by atoms with E-state index in [0.29, 0.717) is 5.92 Å². The first kappa shape index (κ1) is 11.5. The third-order valence-electron chi connectivity index (χ3n) is 2.16. The van der Waals surface area contributed by atoms with E-state index in [1.165, 1.54) is 11.9 Å². The molecule has 1 aromatic rings. The molecule has 0 spiro atoms. The van der Waals surface area contributed by atoms with Crippen LogP contribution in [0.4, 0.5) is 0 Å². The van der Waals surface area contributed by atoms with Crippen molar-refractivity contribution in [2.75, 3.05) is 0 Å². The summed E-state index contributed by atoms with van der Waals surface area (Å²) in [6.07, 6.45) is 2.13. The molecule has 0 saturated carbocycles. The highest BCUT2D eigenvalue weighted by Gasteiger charge is 2.06. The smallest absolute Gasteiger partial charge is 0.0555 e. The van der Waals surface area contributed by atoms with Gasteiger partial charge < -0.3 is 0 Å². The molecular weight excluding hydrogens is 192 g/mol. The van der Waals surface area contributed by atoms with E-state index in [2.05, 4.69) is 37.9 Å². The van der Waals surface area contributed by atoms with E-state index in [1.807, 2.05) is 0 Å². The number of rotatable bonds is 4. The van der Waals surface area contributed by atoms with Crippen LogP contribution in [0.5, 0.6) is 0 Å². The lowest BCUT2D eigenvalue weighted by molar-refractivity contribution is 0.776. The van der Waals surface area contributed by atoms with Crippen molar-refractivity contribution in [2.24, 2.45) is 5.14 Å². The third kappa shape index (κ3) is 2.72. The molecule has 0 aliphatic rings. The number of aryl methyl sites for hydroxylation is 1. The number of nitrogens with zero attached hydrogens (tertiary/aromatic N) is 1. The van der Waals surface area contributed by atoms with E-state index >= 15 is 0 Å². The van der Waals surface area contributed by atoms with Crippen LogP contribution in [0.3, 0.4) is 0 Å². The van der Waals surface area contributed by atoms with E-state index in [9.17, 15) is 0 Å². The van der Waals surface area contributed by atoms with Gasteiger partial charge in [0.2, 0.25) is 0 Å². The Bertz CT molecular complexity index is 297. The predicted molar refractivity (Wildman–Crippen MR) is 62.4 cm³/mol. The minimum absolute atomic E-state index is 0.488. The summed E-state index contributed by atoms with van der Waals surface area (Å²) in [5.41, 5.74) is 2.30. The fourth-order valence-electron chi connectivity index (χ4n) is 1.35. The summed E-state index contributed by atoms with van der Waals surface area (Å²) >= 11 is 1.29. The van der Waals surface area contributed by atoms with Crippen LogP contribution in [0, 0.1) is 0 Å². The highest BCUT2D eigenvalue weighted by atomic mass is 32.2. The molecule has 0 bridgehead atoms. The predicted octanol–water partition coefficient (Wildman–Crippen LogP) is 3.12. The van der Waals surface area contributed by atoms with Gasteiger partial charge in [-0.15, -0.1) is 0 Å². The molecule has 0 aliphatic carbocycles. The number of nitrogens with two attached hydrogens (primary N) is 1. The molecule has 0 radical (unpaired) electrons. The van der Waals surface area contributed by atoms with Gasteiger partial charge in [-0.2, -0.15) is 0 Å². The first-order chi connectivity index (χ1) is 6.69. The maximum Gasteiger partial charge on any atom is 0.0555 e. The molecule has 1 heterocycles. The summed E-state index contributed by atoms with van der Waals surface area (Å²) in [6.45, 7) is 6.48. The van der Waals surface area contributed by atoms with Gasteiger partial charge in [-0.25, -0.2) is 0 Å². The van der Waals surface area contributed by atoms with Crippen molar-refractivity contribution in [3.8, 4) is 0 Å². The molecule has 0 aromatic carbocycles. The molecule has 78 valence electrons. The lowest BCUT2D eigenvalue weighted by Crippen LogP contribution is -2.00. The van der Waals surface area contributed by atoms with Gasteiger partial charge in [0.1, 0.15) is 0 Å². The van der Waals surface area contributed by atoms with Crippen molar-refractivity contribution < 1.29 is 0 Å². The van der Waals surface area contributed by atoms with Crippen molar-refractivity contribution in [1.82, 2.24) is 4.98 Å². The molecule has 0 atom stereocenters. The number of hydrogen-bond acceptors (Lipinski definition) is 3. The quantitative estimate of drug-likeness (QED) is 0.776. The summed E-state index contributed by atoms with van der Waals surface area (Å²) in [6, 6.07) is 4.15. The van der Waals surface area contributed by atoms with Gasteiger partial charge in [0.05, 0.1) is 5.69 Å². The van der Waals surface area contributed by atoms with Gasteiger partial charge in [-0.1, -0.05) is 27.2 Å². The molecule has 14 heavy (non-hydrogen) atoms. The van der Waals surface area contributed by atoms with Crippen molar-refractivity contribution in [1.29, 1.82) is 0 Å². The summed E-state index contributed by atoms with van der Waals surface area (Å²) in [4.78, 5) is 5.74. The Morgan fingerprint density at radius 1 is 1.43 bits per heavy atom. The molecular formula is C11H18N2S.